The Labute approximate surface area is 426 Å². The van der Waals surface area contributed by atoms with Crippen LogP contribution in [0.2, 0.25) is 0 Å². The highest BCUT2D eigenvalue weighted by molar-refractivity contribution is 7.86. The number of carbonyl (C=O) groups is 4. The molecule has 392 valence electrons. The van der Waals surface area contributed by atoms with E-state index in [0.717, 1.165) is 65.8 Å². The van der Waals surface area contributed by atoms with Crippen LogP contribution in [0, 0.1) is 5.92 Å². The zero-order chi connectivity index (χ0) is 55.1. The van der Waals surface area contributed by atoms with Gasteiger partial charge in [-0.25, -0.2) is 14.4 Å². The average Bonchev–Trinajstić information content (AvgIpc) is 3.31. The second-order valence-electron chi connectivity index (χ2n) is 17.7. The molecule has 0 saturated heterocycles. The lowest BCUT2D eigenvalue weighted by Gasteiger charge is -2.37. The van der Waals surface area contributed by atoms with Crippen molar-refractivity contribution < 1.29 is 84.5 Å². The summed E-state index contributed by atoms with van der Waals surface area (Å²) >= 11 is 0. The molecule has 3 atom stereocenters. The Bertz CT molecular complexity index is 3530. The van der Waals surface area contributed by atoms with E-state index >= 15 is 0 Å². The number of hydrogen-bond donors (Lipinski definition) is 9. The second kappa shape index (κ2) is 20.8. The second-order valence-corrected chi connectivity index (χ2v) is 20.5. The van der Waals surface area contributed by atoms with Crippen LogP contribution in [0.25, 0.3) is 29.2 Å². The number of benzene rings is 3. The van der Waals surface area contributed by atoms with E-state index in [9.17, 15) is 75.4 Å². The van der Waals surface area contributed by atoms with Gasteiger partial charge in [0, 0.05) is 36.3 Å². The van der Waals surface area contributed by atoms with Crippen molar-refractivity contribution in [2.75, 3.05) is 10.9 Å². The predicted octanol–water partition coefficient (Wildman–Crippen LogP) is 6.34. The molecule has 0 spiro atoms. The number of ether oxygens (including phenoxy) is 2. The first-order valence-corrected chi connectivity index (χ1v) is 25.2. The van der Waals surface area contributed by atoms with Gasteiger partial charge in [-0.05, 0) is 80.3 Å². The van der Waals surface area contributed by atoms with Crippen molar-refractivity contribution >= 4 is 95.7 Å². The van der Waals surface area contributed by atoms with Gasteiger partial charge in [0.15, 0.2) is 17.1 Å². The number of anilines is 2. The van der Waals surface area contributed by atoms with E-state index in [4.69, 9.17) is 13.9 Å². The van der Waals surface area contributed by atoms with E-state index < -0.39 is 105 Å². The molecule has 0 bridgehead atoms. The summed E-state index contributed by atoms with van der Waals surface area (Å²) in [5, 5.41) is 57.8. The third kappa shape index (κ3) is 11.7. The summed E-state index contributed by atoms with van der Waals surface area (Å²) in [5.41, 5.74) is 3.24. The summed E-state index contributed by atoms with van der Waals surface area (Å²) in [7, 11) is -9.93. The fraction of sp³-hybridized carbons (Fsp3) is 0.220. The standard InChI is InChI=1S/C28H20N4O14S2.C22H26O5/c33-17-9-19(27(37)38)25(21(35)11-17)31-29-15-5-3-13(23(7-15)47(41,42)43)1-2-14-4-6-16(8-24(14)48(44,45)46)30-32-26-20(28(39)40)10-18(34)12-22(26)36;1-6-7-13-10-15(23)26-21-16(13)20-14(8-9-22(4,5)27-20)19-17(21)18(24)11(2)12(3)25-19/h1-12,29-30,35-36H,(H,37,38)(H,39,40)(H,41,42,43)(H,44,45,46);8-12,18,24H,6-7H2,1-5H3/b2-1+,31-25-,32-26+;/t;11-,12-,18+/m.1/s1. The lowest BCUT2D eigenvalue weighted by Crippen LogP contribution is -2.34. The summed E-state index contributed by atoms with van der Waals surface area (Å²) in [6, 6.07) is 7.99. The number of carbonyl (C=O) groups excluding carboxylic acids is 2. The van der Waals surface area contributed by atoms with Gasteiger partial charge in [-0.15, -0.1) is 0 Å². The summed E-state index contributed by atoms with van der Waals surface area (Å²) in [4.78, 5) is 56.8. The first-order chi connectivity index (χ1) is 35.1. The molecule has 0 saturated carbocycles. The molecule has 3 aromatic carbocycles. The van der Waals surface area contributed by atoms with Gasteiger partial charge in [-0.2, -0.15) is 27.0 Å². The fourth-order valence-electron chi connectivity index (χ4n) is 8.08. The number of aliphatic hydroxyl groups is 3. The third-order valence-corrected chi connectivity index (χ3v) is 13.6. The fourth-order valence-corrected chi connectivity index (χ4v) is 9.50. The number of hydrazone groups is 2. The number of allylic oxidation sites excluding steroid dienone is 6. The maximum absolute atomic E-state index is 12.3. The molecule has 4 aliphatic rings. The van der Waals surface area contributed by atoms with Crippen LogP contribution < -0.4 is 26.0 Å². The number of carboxylic acids is 2. The smallest absolute Gasteiger partial charge is 0.338 e. The van der Waals surface area contributed by atoms with E-state index in [0.29, 0.717) is 46.9 Å². The van der Waals surface area contributed by atoms with E-state index in [1.54, 1.807) is 0 Å². The predicted molar refractivity (Wildman–Crippen MR) is 271 cm³/mol. The Morgan fingerprint density at radius 2 is 1.25 bits per heavy atom. The average molecular weight is 1070 g/mol. The third-order valence-electron chi connectivity index (χ3n) is 11.8. The Hall–Kier alpha value is -8.49. The van der Waals surface area contributed by atoms with E-state index in [2.05, 4.69) is 28.0 Å². The van der Waals surface area contributed by atoms with Crippen molar-refractivity contribution in [2.45, 2.75) is 75.1 Å². The molecule has 4 aromatic rings. The van der Waals surface area contributed by atoms with Crippen molar-refractivity contribution in [3.8, 4) is 11.5 Å². The Morgan fingerprint density at radius 3 is 1.71 bits per heavy atom. The molecule has 25 heteroatoms. The Morgan fingerprint density at radius 1 is 0.760 bits per heavy atom. The molecular formula is C50H46N4O19S2. The van der Waals surface area contributed by atoms with Gasteiger partial charge >= 0.3 is 17.6 Å². The minimum atomic E-state index is -4.96. The maximum atomic E-state index is 12.3. The molecule has 3 heterocycles. The number of nitrogens with one attached hydrogen (secondary N) is 2. The molecule has 0 unspecified atom stereocenters. The summed E-state index contributed by atoms with van der Waals surface area (Å²) in [5.74, 6) is -5.28. The van der Waals surface area contributed by atoms with Gasteiger partial charge in [0.25, 0.3) is 20.2 Å². The minimum Gasteiger partial charge on any atom is -0.505 e. The lowest BCUT2D eigenvalue weighted by molar-refractivity contribution is -0.133. The number of hydrogen-bond acceptors (Lipinski definition) is 19. The monoisotopic (exact) mass is 1070 g/mol. The molecule has 1 aromatic heterocycles. The molecular weight excluding hydrogens is 1020 g/mol. The van der Waals surface area contributed by atoms with Crippen molar-refractivity contribution in [1.82, 2.24) is 0 Å². The molecule has 9 N–H and O–H groups in total. The maximum Gasteiger partial charge on any atom is 0.338 e. The Kier molecular flexibility index (Phi) is 15.0. The van der Waals surface area contributed by atoms with Crippen LogP contribution in [0.3, 0.4) is 0 Å². The highest BCUT2D eigenvalue weighted by Gasteiger charge is 2.40. The molecule has 0 amide bonds. The molecule has 75 heavy (non-hydrogen) atoms. The number of ketones is 2. The van der Waals surface area contributed by atoms with Crippen LogP contribution in [0.1, 0.15) is 75.0 Å². The number of aliphatic hydroxyl groups excluding tert-OH is 3. The highest BCUT2D eigenvalue weighted by atomic mass is 32.2. The first-order valence-electron chi connectivity index (χ1n) is 22.4. The van der Waals surface area contributed by atoms with E-state index in [-0.39, 0.29) is 34.5 Å². The molecule has 23 nitrogen and oxygen atoms in total. The van der Waals surface area contributed by atoms with Gasteiger partial charge in [0.1, 0.15) is 55.9 Å². The van der Waals surface area contributed by atoms with Gasteiger partial charge in [-0.1, -0.05) is 44.6 Å². The Balaban J connectivity index is 0.000000255. The number of nitrogens with zero attached hydrogens (tertiary/aromatic N) is 2. The number of carboxylic acid groups (broad SMARTS) is 2. The quantitative estimate of drug-likeness (QED) is 0.0246. The minimum absolute atomic E-state index is 0.121. The summed E-state index contributed by atoms with van der Waals surface area (Å²) < 4.78 is 86.5. The van der Waals surface area contributed by atoms with Crippen LogP contribution >= 0.6 is 0 Å². The van der Waals surface area contributed by atoms with Crippen molar-refractivity contribution in [1.29, 1.82) is 0 Å². The number of fused-ring (bicyclic) bond motifs is 6. The molecule has 0 fully saturated rings. The van der Waals surface area contributed by atoms with Gasteiger partial charge < -0.3 is 39.4 Å². The van der Waals surface area contributed by atoms with Gasteiger partial charge in [-0.3, -0.25) is 29.5 Å². The van der Waals surface area contributed by atoms with Crippen LogP contribution in [0.15, 0.2) is 125 Å². The zero-order valence-electron chi connectivity index (χ0n) is 40.0. The summed E-state index contributed by atoms with van der Waals surface area (Å²) in [6.45, 7) is 9.91. The van der Waals surface area contributed by atoms with Crippen molar-refractivity contribution in [3.63, 3.8) is 0 Å². The van der Waals surface area contributed by atoms with Crippen molar-refractivity contribution in [2.24, 2.45) is 16.1 Å². The number of aryl methyl sites for hydroxylation is 1. The van der Waals surface area contributed by atoms with E-state index in [1.807, 2.05) is 39.8 Å². The van der Waals surface area contributed by atoms with Crippen LogP contribution in [-0.2, 0) is 45.8 Å². The van der Waals surface area contributed by atoms with Crippen molar-refractivity contribution in [3.05, 3.63) is 134 Å². The normalized spacial score (nSPS) is 20.1. The number of aliphatic carboxylic acids is 2. The van der Waals surface area contributed by atoms with Crippen LogP contribution in [0.5, 0.6) is 11.5 Å². The first kappa shape index (κ1) is 54.3. The van der Waals surface area contributed by atoms with Crippen LogP contribution in [0.4, 0.5) is 11.4 Å². The SMILES string of the molecule is CCCc1cc(=O)oc2c3c(c4c(c12)OC(C)(C)C=C4)O[C@H](C)[C@@H](C)[C@@H]3O.O=C1C=C(O)/C(=N\Nc2ccc(/C=C/c3ccc(N/N=C4/C(O)=CC(=O)C=C4C(=O)O)cc3S(=O)(=O)O)c(S(=O)(=O)O)c2)C(C(=O)O)=C1. The van der Waals surface area contributed by atoms with Crippen LogP contribution in [-0.4, -0.2) is 98.1 Å². The molecule has 2 aliphatic carbocycles. The molecule has 8 rings (SSSR count). The molecule has 0 radical (unpaired) electrons. The van der Waals surface area contributed by atoms with E-state index in [1.165, 1.54) is 18.2 Å². The zero-order valence-corrected chi connectivity index (χ0v) is 41.7. The topological polar surface area (TPSA) is 376 Å². The largest absolute Gasteiger partial charge is 0.505 e. The van der Waals surface area contributed by atoms with Gasteiger partial charge in [0.2, 0.25) is 0 Å². The summed E-state index contributed by atoms with van der Waals surface area (Å²) in [6.07, 6.45) is 9.59. The highest BCUT2D eigenvalue weighted by Crippen LogP contribution is 2.52. The lowest BCUT2D eigenvalue weighted by atomic mass is 9.85. The number of rotatable bonds is 12. The van der Waals surface area contributed by atoms with Gasteiger partial charge in [0.05, 0.1) is 45.1 Å². The molecule has 2 aliphatic heterocycles.